The number of aliphatic hydroxyl groups is 1. The summed E-state index contributed by atoms with van der Waals surface area (Å²) < 4.78 is 21.8. The van der Waals surface area contributed by atoms with Crippen molar-refractivity contribution in [2.75, 3.05) is 19.7 Å². The molecule has 0 aromatic rings. The Kier molecular flexibility index (Phi) is 4.53. The summed E-state index contributed by atoms with van der Waals surface area (Å²) in [6, 6.07) is 0. The lowest BCUT2D eigenvalue weighted by molar-refractivity contribution is -0.218. The summed E-state index contributed by atoms with van der Waals surface area (Å²) in [5, 5.41) is 10.1. The van der Waals surface area contributed by atoms with E-state index in [0.717, 1.165) is 0 Å². The summed E-state index contributed by atoms with van der Waals surface area (Å²) in [5.74, 6) is -0.765. The Labute approximate surface area is 118 Å². The lowest BCUT2D eigenvalue weighted by atomic mass is 10.1. The lowest BCUT2D eigenvalue weighted by Gasteiger charge is -2.24. The topological polar surface area (TPSA) is 77.5 Å². The minimum absolute atomic E-state index is 0.0172. The van der Waals surface area contributed by atoms with E-state index in [-0.39, 0.29) is 6.61 Å². The first kappa shape index (κ1) is 15.5. The van der Waals surface area contributed by atoms with Crippen molar-refractivity contribution < 1.29 is 28.8 Å². The normalized spacial score (nSPS) is 34.9. The van der Waals surface area contributed by atoms with Crippen LogP contribution in [0.4, 0.5) is 4.79 Å². The molecule has 0 radical (unpaired) electrons. The fraction of sp³-hybridized carbons (Fsp3) is 0.923. The third kappa shape index (κ3) is 3.06. The highest BCUT2D eigenvalue weighted by molar-refractivity contribution is 5.67. The molecule has 0 saturated carbocycles. The van der Waals surface area contributed by atoms with Crippen molar-refractivity contribution in [3.8, 4) is 0 Å². The van der Waals surface area contributed by atoms with Crippen LogP contribution in [0.3, 0.4) is 0 Å². The van der Waals surface area contributed by atoms with Crippen LogP contribution in [0.15, 0.2) is 0 Å². The molecule has 1 amide bonds. The summed E-state index contributed by atoms with van der Waals surface area (Å²) in [4.78, 5) is 13.3. The van der Waals surface area contributed by atoms with Crippen molar-refractivity contribution in [2.24, 2.45) is 0 Å². The van der Waals surface area contributed by atoms with Crippen LogP contribution in [0.25, 0.3) is 0 Å². The molecular formula is C13H23NO6. The molecular weight excluding hydrogens is 266 g/mol. The number of carbonyl (C=O) groups excluding carboxylic acids is 1. The number of fused-ring (bicyclic) bond motifs is 1. The van der Waals surface area contributed by atoms with Gasteiger partial charge in [-0.15, -0.1) is 0 Å². The van der Waals surface area contributed by atoms with Crippen molar-refractivity contribution in [1.82, 2.24) is 4.90 Å². The zero-order valence-electron chi connectivity index (χ0n) is 12.4. The van der Waals surface area contributed by atoms with E-state index in [1.54, 1.807) is 18.7 Å². The SMILES string of the molecule is CCN(CC)C(=O)OC[C@H]1OC2OC(C)(C)O[C@@H]2[C@H]1O. The van der Waals surface area contributed by atoms with Gasteiger partial charge in [-0.2, -0.15) is 0 Å². The third-order valence-corrected chi connectivity index (χ3v) is 3.51. The minimum Gasteiger partial charge on any atom is -0.447 e. The molecule has 2 saturated heterocycles. The number of hydrogen-bond donors (Lipinski definition) is 1. The second kappa shape index (κ2) is 5.85. The quantitative estimate of drug-likeness (QED) is 0.821. The Morgan fingerprint density at radius 3 is 2.50 bits per heavy atom. The van der Waals surface area contributed by atoms with Crippen LogP contribution in [0.1, 0.15) is 27.7 Å². The number of amides is 1. The van der Waals surface area contributed by atoms with Gasteiger partial charge in [-0.1, -0.05) is 0 Å². The van der Waals surface area contributed by atoms with Crippen molar-refractivity contribution in [2.45, 2.75) is 58.1 Å². The van der Waals surface area contributed by atoms with Gasteiger partial charge >= 0.3 is 6.09 Å². The molecule has 0 aromatic heterocycles. The molecule has 116 valence electrons. The highest BCUT2D eigenvalue weighted by atomic mass is 16.8. The van der Waals surface area contributed by atoms with Gasteiger partial charge in [0.25, 0.3) is 0 Å². The molecule has 0 spiro atoms. The van der Waals surface area contributed by atoms with E-state index < -0.39 is 36.5 Å². The highest BCUT2D eigenvalue weighted by Gasteiger charge is 2.54. The Bertz CT molecular complexity index is 357. The fourth-order valence-electron chi connectivity index (χ4n) is 2.42. The average Bonchev–Trinajstić information content (AvgIpc) is 2.83. The molecule has 2 heterocycles. The number of aliphatic hydroxyl groups excluding tert-OH is 1. The van der Waals surface area contributed by atoms with E-state index in [0.29, 0.717) is 13.1 Å². The van der Waals surface area contributed by atoms with Crippen molar-refractivity contribution >= 4 is 6.09 Å². The third-order valence-electron chi connectivity index (χ3n) is 3.51. The standard InChI is InChI=1S/C13H23NO6/c1-5-14(6-2)12(16)17-7-8-9(15)10-11(18-8)20-13(3,4)19-10/h8-11,15H,5-7H2,1-4H3/t8-,9+,10-,11?/m1/s1. The maximum atomic E-state index is 11.7. The van der Waals surface area contributed by atoms with Crippen LogP contribution in [-0.4, -0.2) is 66.2 Å². The summed E-state index contributed by atoms with van der Waals surface area (Å²) >= 11 is 0. The van der Waals surface area contributed by atoms with Gasteiger partial charge in [-0.25, -0.2) is 4.79 Å². The predicted octanol–water partition coefficient (Wildman–Crippen LogP) is 0.702. The number of rotatable bonds is 4. The Balaban J connectivity index is 1.83. The van der Waals surface area contributed by atoms with E-state index in [1.807, 2.05) is 13.8 Å². The first-order chi connectivity index (χ1) is 9.38. The van der Waals surface area contributed by atoms with E-state index in [1.165, 1.54) is 0 Å². The molecule has 4 atom stereocenters. The number of carbonyl (C=O) groups is 1. The van der Waals surface area contributed by atoms with Crippen LogP contribution >= 0.6 is 0 Å². The van der Waals surface area contributed by atoms with Gasteiger partial charge in [0.15, 0.2) is 12.1 Å². The summed E-state index contributed by atoms with van der Waals surface area (Å²) in [6.45, 7) is 8.41. The summed E-state index contributed by atoms with van der Waals surface area (Å²) in [5.41, 5.74) is 0. The van der Waals surface area contributed by atoms with Crippen LogP contribution in [0.2, 0.25) is 0 Å². The zero-order chi connectivity index (χ0) is 14.9. The van der Waals surface area contributed by atoms with Gasteiger partial charge < -0.3 is 29.0 Å². The van der Waals surface area contributed by atoms with E-state index in [4.69, 9.17) is 18.9 Å². The molecule has 2 aliphatic heterocycles. The molecule has 0 aromatic carbocycles. The zero-order valence-corrected chi connectivity index (χ0v) is 12.4. The van der Waals surface area contributed by atoms with Gasteiger partial charge in [-0.05, 0) is 27.7 Å². The lowest BCUT2D eigenvalue weighted by Crippen LogP contribution is -2.39. The molecule has 1 unspecified atom stereocenters. The molecule has 7 nitrogen and oxygen atoms in total. The second-order valence-electron chi connectivity index (χ2n) is 5.38. The van der Waals surface area contributed by atoms with Gasteiger partial charge in [0, 0.05) is 13.1 Å². The van der Waals surface area contributed by atoms with Crippen LogP contribution in [-0.2, 0) is 18.9 Å². The van der Waals surface area contributed by atoms with Crippen LogP contribution in [0, 0.1) is 0 Å². The number of nitrogens with zero attached hydrogens (tertiary/aromatic N) is 1. The summed E-state index contributed by atoms with van der Waals surface area (Å²) in [7, 11) is 0. The molecule has 0 bridgehead atoms. The van der Waals surface area contributed by atoms with Crippen molar-refractivity contribution in [3.05, 3.63) is 0 Å². The monoisotopic (exact) mass is 289 g/mol. The van der Waals surface area contributed by atoms with Crippen LogP contribution < -0.4 is 0 Å². The maximum Gasteiger partial charge on any atom is 0.409 e. The Morgan fingerprint density at radius 2 is 1.95 bits per heavy atom. The predicted molar refractivity (Wildman–Crippen MR) is 69.0 cm³/mol. The number of hydrogen-bond acceptors (Lipinski definition) is 6. The average molecular weight is 289 g/mol. The molecule has 20 heavy (non-hydrogen) atoms. The molecule has 1 N–H and O–H groups in total. The molecule has 2 fully saturated rings. The summed E-state index contributed by atoms with van der Waals surface area (Å²) in [6.07, 6.45) is -3.06. The van der Waals surface area contributed by atoms with Crippen molar-refractivity contribution in [1.29, 1.82) is 0 Å². The molecule has 2 rings (SSSR count). The number of ether oxygens (including phenoxy) is 4. The Morgan fingerprint density at radius 1 is 1.30 bits per heavy atom. The van der Waals surface area contributed by atoms with Gasteiger partial charge in [0.05, 0.1) is 0 Å². The van der Waals surface area contributed by atoms with Crippen molar-refractivity contribution in [3.63, 3.8) is 0 Å². The molecule has 0 aliphatic carbocycles. The fourth-order valence-corrected chi connectivity index (χ4v) is 2.42. The van der Waals surface area contributed by atoms with Gasteiger partial charge in [0.1, 0.15) is 24.9 Å². The van der Waals surface area contributed by atoms with E-state index >= 15 is 0 Å². The minimum atomic E-state index is -0.869. The largest absolute Gasteiger partial charge is 0.447 e. The molecule has 7 heteroatoms. The second-order valence-corrected chi connectivity index (χ2v) is 5.38. The van der Waals surface area contributed by atoms with Gasteiger partial charge in [0.2, 0.25) is 0 Å². The smallest absolute Gasteiger partial charge is 0.409 e. The molecule has 2 aliphatic rings. The van der Waals surface area contributed by atoms with Gasteiger partial charge in [-0.3, -0.25) is 0 Å². The van der Waals surface area contributed by atoms with E-state index in [2.05, 4.69) is 0 Å². The highest BCUT2D eigenvalue weighted by Crippen LogP contribution is 2.37. The first-order valence-electron chi connectivity index (χ1n) is 6.98. The maximum absolute atomic E-state index is 11.7. The Hall–Kier alpha value is -0.890. The van der Waals surface area contributed by atoms with Crippen LogP contribution in [0.5, 0.6) is 0 Å². The van der Waals surface area contributed by atoms with E-state index in [9.17, 15) is 9.90 Å². The first-order valence-corrected chi connectivity index (χ1v) is 6.98.